The van der Waals surface area contributed by atoms with E-state index in [1.165, 1.54) is 0 Å². The van der Waals surface area contributed by atoms with Gasteiger partial charge in [0.05, 0.1) is 6.54 Å². The lowest BCUT2D eigenvalue weighted by atomic mass is 9.90. The summed E-state index contributed by atoms with van der Waals surface area (Å²) in [5.41, 5.74) is 7.92. The molecule has 0 fully saturated rings. The zero-order chi connectivity index (χ0) is 13.8. The van der Waals surface area contributed by atoms with E-state index < -0.39 is 0 Å². The first-order valence-electron chi connectivity index (χ1n) is 6.32. The van der Waals surface area contributed by atoms with Crippen LogP contribution in [0.1, 0.15) is 39.0 Å². The third-order valence-corrected chi connectivity index (χ3v) is 2.86. The SMILES string of the molecule is C#CCN(CC)c1cc(CN)cc(C(C)(C)C)n1. The van der Waals surface area contributed by atoms with Crippen LogP contribution in [0.4, 0.5) is 5.82 Å². The van der Waals surface area contributed by atoms with Crippen LogP contribution in [0.5, 0.6) is 0 Å². The summed E-state index contributed by atoms with van der Waals surface area (Å²) in [7, 11) is 0. The molecule has 1 rings (SSSR count). The Hall–Kier alpha value is -1.53. The zero-order valence-corrected chi connectivity index (χ0v) is 11.8. The largest absolute Gasteiger partial charge is 0.346 e. The van der Waals surface area contributed by atoms with Crippen molar-refractivity contribution in [1.29, 1.82) is 0 Å². The second-order valence-corrected chi connectivity index (χ2v) is 5.39. The van der Waals surface area contributed by atoms with Gasteiger partial charge in [0.1, 0.15) is 5.82 Å². The maximum atomic E-state index is 5.76. The van der Waals surface area contributed by atoms with Gasteiger partial charge in [-0.25, -0.2) is 4.98 Å². The molecule has 0 atom stereocenters. The first-order valence-corrected chi connectivity index (χ1v) is 6.32. The van der Waals surface area contributed by atoms with Crippen LogP contribution in [0, 0.1) is 12.3 Å². The van der Waals surface area contributed by atoms with Crippen LogP contribution in [0.2, 0.25) is 0 Å². The average Bonchev–Trinajstić information content (AvgIpc) is 2.34. The molecule has 0 bridgehead atoms. The maximum Gasteiger partial charge on any atom is 0.129 e. The van der Waals surface area contributed by atoms with Crippen molar-refractivity contribution in [2.45, 2.75) is 39.7 Å². The first kappa shape index (κ1) is 14.5. The fraction of sp³-hybridized carbons (Fsp3) is 0.533. The fourth-order valence-corrected chi connectivity index (χ4v) is 1.70. The first-order chi connectivity index (χ1) is 8.42. The summed E-state index contributed by atoms with van der Waals surface area (Å²) in [6.07, 6.45) is 5.39. The molecular weight excluding hydrogens is 222 g/mol. The van der Waals surface area contributed by atoms with Crippen LogP contribution in [0.3, 0.4) is 0 Å². The van der Waals surface area contributed by atoms with Gasteiger partial charge < -0.3 is 10.6 Å². The summed E-state index contributed by atoms with van der Waals surface area (Å²) in [6, 6.07) is 4.10. The van der Waals surface area contributed by atoms with E-state index in [1.54, 1.807) is 0 Å². The summed E-state index contributed by atoms with van der Waals surface area (Å²) < 4.78 is 0. The van der Waals surface area contributed by atoms with E-state index in [1.807, 2.05) is 6.07 Å². The van der Waals surface area contributed by atoms with Gasteiger partial charge in [-0.05, 0) is 24.6 Å². The van der Waals surface area contributed by atoms with E-state index in [0.717, 1.165) is 23.6 Å². The predicted molar refractivity (Wildman–Crippen MR) is 77.5 cm³/mol. The average molecular weight is 245 g/mol. The minimum Gasteiger partial charge on any atom is -0.346 e. The Morgan fingerprint density at radius 3 is 2.50 bits per heavy atom. The van der Waals surface area contributed by atoms with Crippen LogP contribution in [-0.4, -0.2) is 18.1 Å². The van der Waals surface area contributed by atoms with Crippen molar-refractivity contribution in [3.05, 3.63) is 23.4 Å². The van der Waals surface area contributed by atoms with Crippen LogP contribution in [-0.2, 0) is 12.0 Å². The molecule has 0 aliphatic heterocycles. The van der Waals surface area contributed by atoms with Crippen molar-refractivity contribution in [3.8, 4) is 12.3 Å². The molecule has 0 aliphatic rings. The number of terminal acetylenes is 1. The molecule has 2 N–H and O–H groups in total. The Morgan fingerprint density at radius 1 is 1.39 bits per heavy atom. The highest BCUT2D eigenvalue weighted by atomic mass is 15.2. The highest BCUT2D eigenvalue weighted by Crippen LogP contribution is 2.24. The van der Waals surface area contributed by atoms with E-state index >= 15 is 0 Å². The molecule has 0 radical (unpaired) electrons. The van der Waals surface area contributed by atoms with E-state index in [2.05, 4.69) is 44.6 Å². The lowest BCUT2D eigenvalue weighted by Crippen LogP contribution is -2.26. The van der Waals surface area contributed by atoms with Gasteiger partial charge in [0.25, 0.3) is 0 Å². The number of pyridine rings is 1. The number of anilines is 1. The highest BCUT2D eigenvalue weighted by Gasteiger charge is 2.18. The molecule has 1 aromatic rings. The molecule has 0 aliphatic carbocycles. The molecule has 18 heavy (non-hydrogen) atoms. The van der Waals surface area contributed by atoms with Gasteiger partial charge in [-0.15, -0.1) is 6.42 Å². The molecule has 1 aromatic heterocycles. The molecule has 3 heteroatoms. The molecule has 0 saturated carbocycles. The van der Waals surface area contributed by atoms with Crippen molar-refractivity contribution in [2.24, 2.45) is 5.73 Å². The van der Waals surface area contributed by atoms with Crippen LogP contribution in [0.25, 0.3) is 0 Å². The number of nitrogens with two attached hydrogens (primary N) is 1. The van der Waals surface area contributed by atoms with Crippen LogP contribution in [0.15, 0.2) is 12.1 Å². The third kappa shape index (κ3) is 3.48. The minimum absolute atomic E-state index is 0.00941. The second-order valence-electron chi connectivity index (χ2n) is 5.39. The standard InChI is InChI=1S/C15H23N3/c1-6-8-18(7-2)14-10-12(11-16)9-13(17-14)15(3,4)5/h1,9-10H,7-8,11,16H2,2-5H3. The summed E-state index contributed by atoms with van der Waals surface area (Å²) >= 11 is 0. The summed E-state index contributed by atoms with van der Waals surface area (Å²) in [6.45, 7) is 10.5. The van der Waals surface area contributed by atoms with Crippen LogP contribution < -0.4 is 10.6 Å². The van der Waals surface area contributed by atoms with E-state index in [0.29, 0.717) is 13.1 Å². The highest BCUT2D eigenvalue weighted by molar-refractivity contribution is 5.45. The predicted octanol–water partition coefficient (Wildman–Crippen LogP) is 2.30. The Balaban J connectivity index is 3.23. The quantitative estimate of drug-likeness (QED) is 0.828. The summed E-state index contributed by atoms with van der Waals surface area (Å²) in [5, 5.41) is 0. The number of aromatic nitrogens is 1. The van der Waals surface area contributed by atoms with Gasteiger partial charge in [0.15, 0.2) is 0 Å². The molecule has 0 amide bonds. The molecular formula is C15H23N3. The van der Waals surface area contributed by atoms with Crippen molar-refractivity contribution in [2.75, 3.05) is 18.0 Å². The van der Waals surface area contributed by atoms with Gasteiger partial charge in [-0.1, -0.05) is 26.7 Å². The molecule has 1 heterocycles. The topological polar surface area (TPSA) is 42.1 Å². The number of rotatable bonds is 4. The molecule has 0 aromatic carbocycles. The lowest BCUT2D eigenvalue weighted by molar-refractivity contribution is 0.567. The Labute approximate surface area is 110 Å². The van der Waals surface area contributed by atoms with E-state index in [-0.39, 0.29) is 5.41 Å². The third-order valence-electron chi connectivity index (χ3n) is 2.86. The van der Waals surface area contributed by atoms with Gasteiger partial charge in [-0.2, -0.15) is 0 Å². The maximum absolute atomic E-state index is 5.76. The van der Waals surface area contributed by atoms with Crippen molar-refractivity contribution in [1.82, 2.24) is 4.98 Å². The van der Waals surface area contributed by atoms with Gasteiger partial charge in [-0.3, -0.25) is 0 Å². The second kappa shape index (κ2) is 5.88. The smallest absolute Gasteiger partial charge is 0.129 e. The Bertz CT molecular complexity index is 438. The zero-order valence-electron chi connectivity index (χ0n) is 11.8. The van der Waals surface area contributed by atoms with Gasteiger partial charge in [0.2, 0.25) is 0 Å². The molecule has 3 nitrogen and oxygen atoms in total. The van der Waals surface area contributed by atoms with E-state index in [4.69, 9.17) is 17.1 Å². The van der Waals surface area contributed by atoms with Crippen molar-refractivity contribution < 1.29 is 0 Å². The molecule has 0 saturated heterocycles. The van der Waals surface area contributed by atoms with Crippen molar-refractivity contribution >= 4 is 5.82 Å². The summed E-state index contributed by atoms with van der Waals surface area (Å²) in [5.74, 6) is 3.59. The Kier molecular flexibility index (Phi) is 4.75. The van der Waals surface area contributed by atoms with Gasteiger partial charge in [0, 0.05) is 24.2 Å². The monoisotopic (exact) mass is 245 g/mol. The lowest BCUT2D eigenvalue weighted by Gasteiger charge is -2.24. The molecule has 0 spiro atoms. The number of nitrogens with zero attached hydrogens (tertiary/aromatic N) is 2. The van der Waals surface area contributed by atoms with Crippen molar-refractivity contribution in [3.63, 3.8) is 0 Å². The normalized spacial score (nSPS) is 11.1. The fourth-order valence-electron chi connectivity index (χ4n) is 1.70. The van der Waals surface area contributed by atoms with Crippen LogP contribution >= 0.6 is 0 Å². The minimum atomic E-state index is 0.00941. The summed E-state index contributed by atoms with van der Waals surface area (Å²) in [4.78, 5) is 6.80. The van der Waals surface area contributed by atoms with E-state index in [9.17, 15) is 0 Å². The number of hydrogen-bond donors (Lipinski definition) is 1. The van der Waals surface area contributed by atoms with Gasteiger partial charge >= 0.3 is 0 Å². The molecule has 0 unspecified atom stereocenters. The Morgan fingerprint density at radius 2 is 2.06 bits per heavy atom. The molecule has 98 valence electrons. The number of hydrogen-bond acceptors (Lipinski definition) is 3.